The molecule has 0 spiro atoms. The lowest BCUT2D eigenvalue weighted by atomic mass is 10.0. The summed E-state index contributed by atoms with van der Waals surface area (Å²) in [6.07, 6.45) is -4.37. The maximum Gasteiger partial charge on any atom is 0.408 e. The van der Waals surface area contributed by atoms with Crippen molar-refractivity contribution in [3.63, 3.8) is 0 Å². The summed E-state index contributed by atoms with van der Waals surface area (Å²) in [5, 5.41) is 12.7. The second-order valence-electron chi connectivity index (χ2n) is 4.56. The first-order chi connectivity index (χ1) is 9.30. The SMILES string of the molecule is Oc1c(Br)cc([C@H](N2CCNCC2)C(F)(F)F)cc1Br. The number of halogens is 5. The van der Waals surface area contributed by atoms with E-state index in [0.717, 1.165) is 0 Å². The number of alkyl halides is 3. The number of nitrogens with zero attached hydrogens (tertiary/aromatic N) is 1. The van der Waals surface area contributed by atoms with Crippen molar-refractivity contribution in [2.24, 2.45) is 0 Å². The van der Waals surface area contributed by atoms with Crippen LogP contribution in [0.15, 0.2) is 21.1 Å². The van der Waals surface area contributed by atoms with Crippen LogP contribution in [-0.4, -0.2) is 42.4 Å². The quantitative estimate of drug-likeness (QED) is 0.773. The Morgan fingerprint density at radius 2 is 1.65 bits per heavy atom. The fraction of sp³-hybridized carbons (Fsp3) is 0.500. The molecule has 1 aromatic carbocycles. The Morgan fingerprint density at radius 3 is 2.10 bits per heavy atom. The van der Waals surface area contributed by atoms with Crippen LogP contribution < -0.4 is 5.32 Å². The molecule has 1 fully saturated rings. The van der Waals surface area contributed by atoms with Gasteiger partial charge >= 0.3 is 6.18 Å². The fourth-order valence-electron chi connectivity index (χ4n) is 2.29. The first-order valence-electron chi connectivity index (χ1n) is 6.00. The van der Waals surface area contributed by atoms with Crippen LogP contribution >= 0.6 is 31.9 Å². The maximum atomic E-state index is 13.4. The maximum absolute atomic E-state index is 13.4. The molecule has 0 aromatic heterocycles. The van der Waals surface area contributed by atoms with Gasteiger partial charge in [0.15, 0.2) is 0 Å². The normalized spacial score (nSPS) is 19.1. The zero-order chi connectivity index (χ0) is 14.9. The molecule has 0 unspecified atom stereocenters. The summed E-state index contributed by atoms with van der Waals surface area (Å²) in [6.45, 7) is 1.74. The molecule has 0 saturated carbocycles. The van der Waals surface area contributed by atoms with E-state index in [4.69, 9.17) is 0 Å². The predicted octanol–water partition coefficient (Wildman–Crippen LogP) is 3.43. The Hall–Kier alpha value is -0.310. The first kappa shape index (κ1) is 16.1. The standard InChI is InChI=1S/C12H13Br2F3N2O/c13-8-5-7(6-9(14)10(8)20)11(12(15,16)17)19-3-1-18-2-4-19/h5-6,11,18,20H,1-4H2/t11-/m0/s1. The lowest BCUT2D eigenvalue weighted by molar-refractivity contribution is -0.187. The topological polar surface area (TPSA) is 35.5 Å². The monoisotopic (exact) mass is 416 g/mol. The molecule has 0 bridgehead atoms. The van der Waals surface area contributed by atoms with Crippen LogP contribution in [0.4, 0.5) is 13.2 Å². The Bertz CT molecular complexity index is 467. The van der Waals surface area contributed by atoms with Crippen LogP contribution in [0.2, 0.25) is 0 Å². The van der Waals surface area contributed by atoms with Crippen molar-refractivity contribution < 1.29 is 18.3 Å². The molecular weight excluding hydrogens is 405 g/mol. The van der Waals surface area contributed by atoms with Crippen LogP contribution in [0.1, 0.15) is 11.6 Å². The molecule has 1 aromatic rings. The molecule has 1 aliphatic heterocycles. The molecule has 1 atom stereocenters. The van der Waals surface area contributed by atoms with Gasteiger partial charge in [0.05, 0.1) is 8.95 Å². The minimum absolute atomic E-state index is 0.102. The van der Waals surface area contributed by atoms with E-state index in [9.17, 15) is 18.3 Å². The molecule has 3 nitrogen and oxygen atoms in total. The summed E-state index contributed by atoms with van der Waals surface area (Å²) in [6, 6.07) is 0.971. The lowest BCUT2D eigenvalue weighted by Gasteiger charge is -2.36. The van der Waals surface area contributed by atoms with Crippen molar-refractivity contribution in [2.45, 2.75) is 12.2 Å². The predicted molar refractivity (Wildman–Crippen MR) is 76.7 cm³/mol. The third-order valence-electron chi connectivity index (χ3n) is 3.18. The van der Waals surface area contributed by atoms with Gasteiger partial charge in [-0.3, -0.25) is 4.90 Å². The molecule has 0 radical (unpaired) electrons. The van der Waals surface area contributed by atoms with Crippen molar-refractivity contribution >= 4 is 31.9 Å². The Morgan fingerprint density at radius 1 is 1.15 bits per heavy atom. The number of phenols is 1. The van der Waals surface area contributed by atoms with Crippen LogP contribution in [0, 0.1) is 0 Å². The minimum Gasteiger partial charge on any atom is -0.506 e. The van der Waals surface area contributed by atoms with E-state index in [-0.39, 0.29) is 20.3 Å². The fourth-order valence-corrected chi connectivity index (χ4v) is 3.51. The highest BCUT2D eigenvalue weighted by Crippen LogP contribution is 2.42. The molecule has 1 heterocycles. The van der Waals surface area contributed by atoms with E-state index >= 15 is 0 Å². The van der Waals surface area contributed by atoms with E-state index in [1.54, 1.807) is 0 Å². The molecular formula is C12H13Br2F3N2O. The van der Waals surface area contributed by atoms with Gasteiger partial charge in [-0.1, -0.05) is 0 Å². The highest BCUT2D eigenvalue weighted by Gasteiger charge is 2.45. The summed E-state index contributed by atoms with van der Waals surface area (Å²) >= 11 is 6.16. The van der Waals surface area contributed by atoms with Gasteiger partial charge in [0, 0.05) is 26.2 Å². The number of nitrogens with one attached hydrogen (secondary N) is 1. The highest BCUT2D eigenvalue weighted by atomic mass is 79.9. The second kappa shape index (κ2) is 6.21. The van der Waals surface area contributed by atoms with Crippen LogP contribution in [0.25, 0.3) is 0 Å². The minimum atomic E-state index is -4.37. The average molecular weight is 418 g/mol. The van der Waals surface area contributed by atoms with Crippen molar-refractivity contribution in [2.75, 3.05) is 26.2 Å². The molecule has 2 N–H and O–H groups in total. The van der Waals surface area contributed by atoms with E-state index < -0.39 is 12.2 Å². The van der Waals surface area contributed by atoms with Crippen LogP contribution in [-0.2, 0) is 0 Å². The van der Waals surface area contributed by atoms with E-state index in [2.05, 4.69) is 37.2 Å². The Labute approximate surface area is 131 Å². The van der Waals surface area contributed by atoms with Gasteiger partial charge in [0.1, 0.15) is 11.8 Å². The smallest absolute Gasteiger partial charge is 0.408 e. The number of hydrogen-bond donors (Lipinski definition) is 2. The molecule has 8 heteroatoms. The largest absolute Gasteiger partial charge is 0.506 e. The molecule has 0 aliphatic carbocycles. The molecule has 0 amide bonds. The third-order valence-corrected chi connectivity index (χ3v) is 4.39. The van der Waals surface area contributed by atoms with Crippen LogP contribution in [0.5, 0.6) is 5.75 Å². The number of benzene rings is 1. The summed E-state index contributed by atoms with van der Waals surface area (Å²) in [5.74, 6) is -0.102. The van der Waals surface area contributed by atoms with Crippen molar-refractivity contribution in [1.82, 2.24) is 10.2 Å². The Balaban J connectivity index is 2.41. The number of piperazine rings is 1. The van der Waals surface area contributed by atoms with Crippen molar-refractivity contribution in [3.8, 4) is 5.75 Å². The average Bonchev–Trinajstić information content (AvgIpc) is 2.35. The number of aromatic hydroxyl groups is 1. The first-order valence-corrected chi connectivity index (χ1v) is 7.58. The van der Waals surface area contributed by atoms with Gasteiger partial charge in [0.2, 0.25) is 0 Å². The van der Waals surface area contributed by atoms with Gasteiger partial charge in [-0.25, -0.2) is 0 Å². The van der Waals surface area contributed by atoms with Gasteiger partial charge in [-0.2, -0.15) is 13.2 Å². The summed E-state index contributed by atoms with van der Waals surface area (Å²) in [4.78, 5) is 1.40. The second-order valence-corrected chi connectivity index (χ2v) is 6.27. The Kier molecular flexibility index (Phi) is 4.99. The third kappa shape index (κ3) is 3.47. The molecule has 20 heavy (non-hydrogen) atoms. The van der Waals surface area contributed by atoms with Gasteiger partial charge in [-0.15, -0.1) is 0 Å². The zero-order valence-electron chi connectivity index (χ0n) is 10.3. The van der Waals surface area contributed by atoms with Gasteiger partial charge in [-0.05, 0) is 49.6 Å². The molecule has 2 rings (SSSR count). The van der Waals surface area contributed by atoms with Crippen molar-refractivity contribution in [1.29, 1.82) is 0 Å². The summed E-state index contributed by atoms with van der Waals surface area (Å²) in [5.41, 5.74) is 0.107. The van der Waals surface area contributed by atoms with Crippen LogP contribution in [0.3, 0.4) is 0 Å². The lowest BCUT2D eigenvalue weighted by Crippen LogP contribution is -2.49. The zero-order valence-corrected chi connectivity index (χ0v) is 13.5. The van der Waals surface area contributed by atoms with Gasteiger partial charge in [0.25, 0.3) is 0 Å². The highest BCUT2D eigenvalue weighted by molar-refractivity contribution is 9.11. The van der Waals surface area contributed by atoms with E-state index in [1.807, 2.05) is 0 Å². The summed E-state index contributed by atoms with van der Waals surface area (Å²) < 4.78 is 40.7. The van der Waals surface area contributed by atoms with E-state index in [1.165, 1.54) is 17.0 Å². The molecule has 1 aliphatic rings. The molecule has 1 saturated heterocycles. The summed E-state index contributed by atoms with van der Waals surface area (Å²) in [7, 11) is 0. The number of rotatable bonds is 2. The van der Waals surface area contributed by atoms with Crippen molar-refractivity contribution in [3.05, 3.63) is 26.6 Å². The number of hydrogen-bond acceptors (Lipinski definition) is 3. The van der Waals surface area contributed by atoms with E-state index in [0.29, 0.717) is 26.2 Å². The molecule has 112 valence electrons. The van der Waals surface area contributed by atoms with Gasteiger partial charge < -0.3 is 10.4 Å². The number of phenolic OH excluding ortho intramolecular Hbond substituents is 1.